The van der Waals surface area contributed by atoms with Crippen LogP contribution in [-0.2, 0) is 4.79 Å². The van der Waals surface area contributed by atoms with E-state index in [1.54, 1.807) is 0 Å². The van der Waals surface area contributed by atoms with Gasteiger partial charge in [0, 0.05) is 17.3 Å². The minimum atomic E-state index is 0.0000853. The fourth-order valence-corrected chi connectivity index (χ4v) is 1.64. The molecule has 0 saturated carbocycles. The number of rotatable bonds is 5. The van der Waals surface area contributed by atoms with E-state index in [0.717, 1.165) is 5.56 Å². The third-order valence-electron chi connectivity index (χ3n) is 2.28. The van der Waals surface area contributed by atoms with E-state index in [1.165, 1.54) is 0 Å². The molecule has 0 aliphatic carbocycles. The second-order valence-electron chi connectivity index (χ2n) is 3.63. The molecular weight excluding hydrogens is 245 g/mol. The SMILES string of the molecule is C[C@H](NC(=O)CCCCl)c1ccc(Cl)cc1. The van der Waals surface area contributed by atoms with E-state index in [0.29, 0.717) is 23.7 Å². The van der Waals surface area contributed by atoms with Gasteiger partial charge in [0.05, 0.1) is 6.04 Å². The van der Waals surface area contributed by atoms with Gasteiger partial charge in [-0.3, -0.25) is 4.79 Å². The first-order valence-electron chi connectivity index (χ1n) is 5.24. The van der Waals surface area contributed by atoms with Gasteiger partial charge in [0.1, 0.15) is 0 Å². The van der Waals surface area contributed by atoms with Gasteiger partial charge in [0.15, 0.2) is 0 Å². The predicted molar refractivity (Wildman–Crippen MR) is 68.0 cm³/mol. The van der Waals surface area contributed by atoms with E-state index >= 15 is 0 Å². The molecule has 0 aromatic heterocycles. The molecule has 1 amide bonds. The predicted octanol–water partition coefficient (Wildman–Crippen LogP) is 3.54. The molecule has 0 unspecified atom stereocenters. The Morgan fingerprint density at radius 3 is 2.56 bits per heavy atom. The minimum absolute atomic E-state index is 0.0000853. The summed E-state index contributed by atoms with van der Waals surface area (Å²) in [4.78, 5) is 11.5. The molecule has 4 heteroatoms. The zero-order valence-corrected chi connectivity index (χ0v) is 10.7. The number of alkyl halides is 1. The Labute approximate surface area is 106 Å². The smallest absolute Gasteiger partial charge is 0.220 e. The monoisotopic (exact) mass is 259 g/mol. The van der Waals surface area contributed by atoms with Crippen molar-refractivity contribution in [1.29, 1.82) is 0 Å². The van der Waals surface area contributed by atoms with Gasteiger partial charge in [0.25, 0.3) is 0 Å². The van der Waals surface area contributed by atoms with Crippen LogP contribution in [0.3, 0.4) is 0 Å². The van der Waals surface area contributed by atoms with E-state index in [9.17, 15) is 4.79 Å². The molecule has 16 heavy (non-hydrogen) atoms. The fraction of sp³-hybridized carbons (Fsp3) is 0.417. The van der Waals surface area contributed by atoms with Crippen molar-refractivity contribution in [1.82, 2.24) is 5.32 Å². The molecule has 0 aliphatic rings. The summed E-state index contributed by atoms with van der Waals surface area (Å²) < 4.78 is 0. The van der Waals surface area contributed by atoms with E-state index in [-0.39, 0.29) is 11.9 Å². The summed E-state index contributed by atoms with van der Waals surface area (Å²) >= 11 is 11.3. The maximum Gasteiger partial charge on any atom is 0.220 e. The van der Waals surface area contributed by atoms with Crippen molar-refractivity contribution in [3.63, 3.8) is 0 Å². The van der Waals surface area contributed by atoms with Crippen molar-refractivity contribution in [3.05, 3.63) is 34.9 Å². The lowest BCUT2D eigenvalue weighted by Gasteiger charge is -2.14. The first-order valence-corrected chi connectivity index (χ1v) is 6.15. The zero-order chi connectivity index (χ0) is 12.0. The molecule has 0 saturated heterocycles. The van der Waals surface area contributed by atoms with Crippen LogP contribution in [-0.4, -0.2) is 11.8 Å². The zero-order valence-electron chi connectivity index (χ0n) is 9.17. The van der Waals surface area contributed by atoms with Crippen LogP contribution in [0.4, 0.5) is 0 Å². The van der Waals surface area contributed by atoms with Crippen LogP contribution in [0.1, 0.15) is 31.4 Å². The maximum absolute atomic E-state index is 11.5. The van der Waals surface area contributed by atoms with E-state index in [1.807, 2.05) is 31.2 Å². The summed E-state index contributed by atoms with van der Waals surface area (Å²) in [7, 11) is 0. The van der Waals surface area contributed by atoms with Crippen LogP contribution in [0, 0.1) is 0 Å². The number of carbonyl (C=O) groups excluding carboxylic acids is 1. The molecule has 0 aliphatic heterocycles. The Balaban J connectivity index is 2.48. The number of hydrogen-bond acceptors (Lipinski definition) is 1. The molecule has 1 N–H and O–H groups in total. The number of benzene rings is 1. The number of nitrogens with one attached hydrogen (secondary N) is 1. The Kier molecular flexibility index (Phi) is 5.64. The molecule has 1 aromatic carbocycles. The largest absolute Gasteiger partial charge is 0.350 e. The lowest BCUT2D eigenvalue weighted by molar-refractivity contribution is -0.121. The third kappa shape index (κ3) is 4.42. The van der Waals surface area contributed by atoms with Crippen LogP contribution >= 0.6 is 23.2 Å². The molecule has 2 nitrogen and oxygen atoms in total. The van der Waals surface area contributed by atoms with Crippen molar-refractivity contribution < 1.29 is 4.79 Å². The van der Waals surface area contributed by atoms with Crippen molar-refractivity contribution in [3.8, 4) is 0 Å². The summed E-state index contributed by atoms with van der Waals surface area (Å²) in [5, 5.41) is 3.61. The average molecular weight is 260 g/mol. The van der Waals surface area contributed by atoms with Crippen molar-refractivity contribution in [2.24, 2.45) is 0 Å². The molecular formula is C12H15Cl2NO. The number of amides is 1. The number of halogens is 2. The highest BCUT2D eigenvalue weighted by Crippen LogP contribution is 2.16. The average Bonchev–Trinajstić information content (AvgIpc) is 2.27. The van der Waals surface area contributed by atoms with Crippen molar-refractivity contribution in [2.75, 3.05) is 5.88 Å². The summed E-state index contributed by atoms with van der Waals surface area (Å²) in [6, 6.07) is 7.46. The maximum atomic E-state index is 11.5. The van der Waals surface area contributed by atoms with Crippen LogP contribution in [0.15, 0.2) is 24.3 Å². The first kappa shape index (κ1) is 13.3. The first-order chi connectivity index (χ1) is 7.63. The van der Waals surface area contributed by atoms with E-state index in [2.05, 4.69) is 5.32 Å². The van der Waals surface area contributed by atoms with Gasteiger partial charge in [-0.1, -0.05) is 23.7 Å². The second-order valence-corrected chi connectivity index (χ2v) is 4.45. The van der Waals surface area contributed by atoms with E-state index in [4.69, 9.17) is 23.2 Å². The van der Waals surface area contributed by atoms with E-state index < -0.39 is 0 Å². The Morgan fingerprint density at radius 2 is 2.00 bits per heavy atom. The molecule has 1 rings (SSSR count). The topological polar surface area (TPSA) is 29.1 Å². The molecule has 0 radical (unpaired) electrons. The summed E-state index contributed by atoms with van der Waals surface area (Å²) in [5.74, 6) is 0.547. The van der Waals surface area contributed by atoms with Gasteiger partial charge in [-0.2, -0.15) is 0 Å². The highest BCUT2D eigenvalue weighted by Gasteiger charge is 2.08. The normalized spacial score (nSPS) is 12.2. The third-order valence-corrected chi connectivity index (χ3v) is 2.80. The van der Waals surface area contributed by atoms with Gasteiger partial charge in [-0.25, -0.2) is 0 Å². The van der Waals surface area contributed by atoms with Crippen LogP contribution in [0.2, 0.25) is 5.02 Å². The van der Waals surface area contributed by atoms with Crippen LogP contribution in [0.25, 0.3) is 0 Å². The Morgan fingerprint density at radius 1 is 1.38 bits per heavy atom. The highest BCUT2D eigenvalue weighted by molar-refractivity contribution is 6.30. The quantitative estimate of drug-likeness (QED) is 0.806. The Hall–Kier alpha value is -0.730. The molecule has 0 bridgehead atoms. The molecule has 0 spiro atoms. The van der Waals surface area contributed by atoms with Gasteiger partial charge in [0.2, 0.25) is 5.91 Å². The van der Waals surface area contributed by atoms with Crippen LogP contribution in [0.5, 0.6) is 0 Å². The molecule has 0 fully saturated rings. The lowest BCUT2D eigenvalue weighted by Crippen LogP contribution is -2.26. The summed E-state index contributed by atoms with van der Waals surface area (Å²) in [6.07, 6.45) is 1.18. The fourth-order valence-electron chi connectivity index (χ4n) is 1.38. The minimum Gasteiger partial charge on any atom is -0.350 e. The van der Waals surface area contributed by atoms with Gasteiger partial charge >= 0.3 is 0 Å². The Bertz CT molecular complexity index is 337. The summed E-state index contributed by atoms with van der Waals surface area (Å²) in [5.41, 5.74) is 1.05. The van der Waals surface area contributed by atoms with Gasteiger partial charge < -0.3 is 5.32 Å². The highest BCUT2D eigenvalue weighted by atomic mass is 35.5. The second kappa shape index (κ2) is 6.77. The van der Waals surface area contributed by atoms with Crippen molar-refractivity contribution >= 4 is 29.1 Å². The van der Waals surface area contributed by atoms with Crippen LogP contribution < -0.4 is 5.32 Å². The van der Waals surface area contributed by atoms with Gasteiger partial charge in [-0.15, -0.1) is 11.6 Å². The lowest BCUT2D eigenvalue weighted by atomic mass is 10.1. The standard InChI is InChI=1S/C12H15Cl2NO/c1-9(15-12(16)3-2-8-13)10-4-6-11(14)7-5-10/h4-7,9H,2-3,8H2,1H3,(H,15,16)/t9-/m0/s1. The van der Waals surface area contributed by atoms with Crippen molar-refractivity contribution in [2.45, 2.75) is 25.8 Å². The number of carbonyl (C=O) groups is 1. The summed E-state index contributed by atoms with van der Waals surface area (Å²) in [6.45, 7) is 1.95. The number of hydrogen-bond donors (Lipinski definition) is 1. The van der Waals surface area contributed by atoms with Gasteiger partial charge in [-0.05, 0) is 31.0 Å². The molecule has 88 valence electrons. The molecule has 1 aromatic rings. The molecule has 1 atom stereocenters. The molecule has 0 heterocycles.